The first kappa shape index (κ1) is 9.72. The summed E-state index contributed by atoms with van der Waals surface area (Å²) in [5.41, 5.74) is 0.538. The van der Waals surface area contributed by atoms with E-state index in [9.17, 15) is 4.39 Å². The summed E-state index contributed by atoms with van der Waals surface area (Å²) in [6, 6.07) is 7.55. The second kappa shape index (κ2) is 3.56. The summed E-state index contributed by atoms with van der Waals surface area (Å²) in [4.78, 5) is 0. The fourth-order valence-corrected chi connectivity index (χ4v) is 1.71. The van der Waals surface area contributed by atoms with Gasteiger partial charge in [0.1, 0.15) is 5.67 Å². The lowest BCUT2D eigenvalue weighted by molar-refractivity contribution is 0.220. The Morgan fingerprint density at radius 3 is 2.33 bits per heavy atom. The highest BCUT2D eigenvalue weighted by Crippen LogP contribution is 2.28. The molecule has 1 aromatic carbocycles. The highest BCUT2D eigenvalue weighted by Gasteiger charge is 2.20. The SMILES string of the molecule is CC(C)(F)c1ccccc1CBr. The summed E-state index contributed by atoms with van der Waals surface area (Å²) in [6.45, 7) is 3.16. The molecule has 0 spiro atoms. The van der Waals surface area contributed by atoms with Gasteiger partial charge in [0, 0.05) is 5.33 Å². The zero-order chi connectivity index (χ0) is 9.19. The minimum absolute atomic E-state index is 0.705. The molecule has 1 aromatic rings. The van der Waals surface area contributed by atoms with E-state index >= 15 is 0 Å². The molecule has 2 heteroatoms. The zero-order valence-corrected chi connectivity index (χ0v) is 8.86. The first-order valence-corrected chi connectivity index (χ1v) is 5.01. The molecule has 66 valence electrons. The number of benzene rings is 1. The van der Waals surface area contributed by atoms with Crippen molar-refractivity contribution in [3.8, 4) is 0 Å². The van der Waals surface area contributed by atoms with Crippen molar-refractivity contribution in [2.75, 3.05) is 0 Å². The van der Waals surface area contributed by atoms with Crippen molar-refractivity contribution in [3.05, 3.63) is 35.4 Å². The number of halogens is 2. The molecule has 0 N–H and O–H groups in total. The summed E-state index contributed by atoms with van der Waals surface area (Å²) >= 11 is 3.33. The predicted octanol–water partition coefficient (Wildman–Crippen LogP) is 3.79. The van der Waals surface area contributed by atoms with Gasteiger partial charge < -0.3 is 0 Å². The van der Waals surface area contributed by atoms with Crippen LogP contribution in [0.2, 0.25) is 0 Å². The van der Waals surface area contributed by atoms with Crippen LogP contribution in [0.5, 0.6) is 0 Å². The van der Waals surface area contributed by atoms with E-state index in [2.05, 4.69) is 15.9 Å². The predicted molar refractivity (Wildman–Crippen MR) is 53.2 cm³/mol. The lowest BCUT2D eigenvalue weighted by Crippen LogP contribution is -2.11. The zero-order valence-electron chi connectivity index (χ0n) is 7.27. The van der Waals surface area contributed by atoms with Gasteiger partial charge in [0.2, 0.25) is 0 Å². The fraction of sp³-hybridized carbons (Fsp3) is 0.400. The van der Waals surface area contributed by atoms with Gasteiger partial charge in [0.05, 0.1) is 0 Å². The Bertz CT molecular complexity index is 263. The van der Waals surface area contributed by atoms with Crippen molar-refractivity contribution >= 4 is 15.9 Å². The summed E-state index contributed by atoms with van der Waals surface area (Å²) in [5, 5.41) is 0.705. The van der Waals surface area contributed by atoms with Crippen LogP contribution in [0, 0.1) is 0 Å². The van der Waals surface area contributed by atoms with E-state index in [0.717, 1.165) is 11.1 Å². The molecule has 0 aromatic heterocycles. The maximum absolute atomic E-state index is 13.5. The Morgan fingerprint density at radius 1 is 1.33 bits per heavy atom. The first-order valence-electron chi connectivity index (χ1n) is 3.89. The second-order valence-corrected chi connectivity index (χ2v) is 3.82. The molecular weight excluding hydrogens is 219 g/mol. The Balaban J connectivity index is 3.14. The van der Waals surface area contributed by atoms with E-state index in [0.29, 0.717) is 5.33 Å². The maximum Gasteiger partial charge on any atom is 0.130 e. The molecule has 0 amide bonds. The largest absolute Gasteiger partial charge is 0.239 e. The van der Waals surface area contributed by atoms with Gasteiger partial charge in [-0.05, 0) is 25.0 Å². The smallest absolute Gasteiger partial charge is 0.130 e. The topological polar surface area (TPSA) is 0 Å². The third-order valence-corrected chi connectivity index (χ3v) is 2.41. The van der Waals surface area contributed by atoms with Gasteiger partial charge in [-0.15, -0.1) is 0 Å². The van der Waals surface area contributed by atoms with Crippen LogP contribution >= 0.6 is 15.9 Å². The van der Waals surface area contributed by atoms with Crippen molar-refractivity contribution in [1.82, 2.24) is 0 Å². The molecule has 0 heterocycles. The lowest BCUT2D eigenvalue weighted by atomic mass is 9.96. The van der Waals surface area contributed by atoms with Crippen LogP contribution in [0.25, 0.3) is 0 Å². The molecule has 0 atom stereocenters. The molecule has 0 aliphatic carbocycles. The molecule has 0 fully saturated rings. The first-order chi connectivity index (χ1) is 5.55. The highest BCUT2D eigenvalue weighted by molar-refractivity contribution is 9.08. The molecule has 0 radical (unpaired) electrons. The van der Waals surface area contributed by atoms with E-state index in [1.54, 1.807) is 13.8 Å². The monoisotopic (exact) mass is 230 g/mol. The molecule has 0 unspecified atom stereocenters. The third-order valence-electron chi connectivity index (χ3n) is 1.80. The normalized spacial score (nSPS) is 11.7. The van der Waals surface area contributed by atoms with E-state index in [1.807, 2.05) is 24.3 Å². The van der Waals surface area contributed by atoms with Gasteiger partial charge in [-0.25, -0.2) is 4.39 Å². The molecule has 0 saturated carbocycles. The summed E-state index contributed by atoms with van der Waals surface area (Å²) in [5.74, 6) is 0. The summed E-state index contributed by atoms with van der Waals surface area (Å²) in [7, 11) is 0. The van der Waals surface area contributed by atoms with Crippen LogP contribution in [0.4, 0.5) is 4.39 Å². The Labute approximate surface area is 80.9 Å². The average molecular weight is 231 g/mol. The standard InChI is InChI=1S/C10H12BrF/c1-10(2,12)9-6-4-3-5-8(9)7-11/h3-6H,7H2,1-2H3. The molecule has 0 bridgehead atoms. The molecule has 1 rings (SSSR count). The van der Waals surface area contributed by atoms with Gasteiger partial charge in [-0.2, -0.15) is 0 Å². The van der Waals surface area contributed by atoms with Crippen LogP contribution in [0.15, 0.2) is 24.3 Å². The number of alkyl halides is 2. The molecule has 0 aliphatic rings. The van der Waals surface area contributed by atoms with E-state index in [1.165, 1.54) is 0 Å². The number of hydrogen-bond donors (Lipinski definition) is 0. The van der Waals surface area contributed by atoms with Gasteiger partial charge in [0.25, 0.3) is 0 Å². The van der Waals surface area contributed by atoms with Gasteiger partial charge in [-0.3, -0.25) is 0 Å². The summed E-state index contributed by atoms with van der Waals surface area (Å²) in [6.07, 6.45) is 0. The Morgan fingerprint density at radius 2 is 1.92 bits per heavy atom. The minimum Gasteiger partial charge on any atom is -0.239 e. The van der Waals surface area contributed by atoms with Crippen molar-refractivity contribution in [2.24, 2.45) is 0 Å². The summed E-state index contributed by atoms with van der Waals surface area (Å²) < 4.78 is 13.5. The van der Waals surface area contributed by atoms with Crippen molar-refractivity contribution < 1.29 is 4.39 Å². The molecule has 0 saturated heterocycles. The van der Waals surface area contributed by atoms with E-state index in [4.69, 9.17) is 0 Å². The Hall–Kier alpha value is -0.370. The van der Waals surface area contributed by atoms with Crippen LogP contribution in [-0.2, 0) is 11.0 Å². The molecule has 0 aliphatic heterocycles. The molecule has 12 heavy (non-hydrogen) atoms. The highest BCUT2D eigenvalue weighted by atomic mass is 79.9. The van der Waals surface area contributed by atoms with Crippen LogP contribution in [-0.4, -0.2) is 0 Å². The van der Waals surface area contributed by atoms with Crippen LogP contribution in [0.1, 0.15) is 25.0 Å². The van der Waals surface area contributed by atoms with E-state index in [-0.39, 0.29) is 0 Å². The Kier molecular flexibility index (Phi) is 2.89. The number of hydrogen-bond acceptors (Lipinski definition) is 0. The lowest BCUT2D eigenvalue weighted by Gasteiger charge is -2.17. The minimum atomic E-state index is -1.25. The average Bonchev–Trinajstić information content (AvgIpc) is 2.03. The number of rotatable bonds is 2. The fourth-order valence-electron chi connectivity index (χ4n) is 1.22. The molecular formula is C10H12BrF. The van der Waals surface area contributed by atoms with Crippen LogP contribution < -0.4 is 0 Å². The maximum atomic E-state index is 13.5. The van der Waals surface area contributed by atoms with Crippen molar-refractivity contribution in [3.63, 3.8) is 0 Å². The second-order valence-electron chi connectivity index (χ2n) is 3.26. The molecule has 0 nitrogen and oxygen atoms in total. The quantitative estimate of drug-likeness (QED) is 0.679. The van der Waals surface area contributed by atoms with Gasteiger partial charge in [-0.1, -0.05) is 40.2 Å². The van der Waals surface area contributed by atoms with Gasteiger partial charge >= 0.3 is 0 Å². The van der Waals surface area contributed by atoms with E-state index < -0.39 is 5.67 Å². The van der Waals surface area contributed by atoms with Crippen molar-refractivity contribution in [2.45, 2.75) is 24.8 Å². The van der Waals surface area contributed by atoms with Crippen molar-refractivity contribution in [1.29, 1.82) is 0 Å². The third kappa shape index (κ3) is 2.07. The van der Waals surface area contributed by atoms with Gasteiger partial charge in [0.15, 0.2) is 0 Å². The van der Waals surface area contributed by atoms with Crippen LogP contribution in [0.3, 0.4) is 0 Å².